The molecular weight excluding hydrogens is 713 g/mol. The Balaban J connectivity index is 1.61. The van der Waals surface area contributed by atoms with Gasteiger partial charge in [0.1, 0.15) is 23.3 Å². The lowest BCUT2D eigenvalue weighted by atomic mass is 9.86. The maximum Gasteiger partial charge on any atom is 0.168 e. The lowest BCUT2D eigenvalue weighted by Gasteiger charge is -2.33. The Labute approximate surface area is 345 Å². The quantitative estimate of drug-likeness (QED) is 0.176. The van der Waals surface area contributed by atoms with Gasteiger partial charge >= 0.3 is 0 Å². The van der Waals surface area contributed by atoms with E-state index in [0.717, 1.165) is 103 Å². The van der Waals surface area contributed by atoms with E-state index in [9.17, 15) is 0 Å². The van der Waals surface area contributed by atoms with Crippen LogP contribution in [0.25, 0.3) is 0 Å². The first-order chi connectivity index (χ1) is 27.3. The van der Waals surface area contributed by atoms with Gasteiger partial charge in [-0.15, -0.1) is 0 Å². The zero-order valence-electron chi connectivity index (χ0n) is 36.7. The molecular formula is C50H56N8. The predicted molar refractivity (Wildman–Crippen MR) is 241 cm³/mol. The number of pyridine rings is 4. The molecule has 0 fully saturated rings. The number of hydrogen-bond donors (Lipinski definition) is 0. The largest absolute Gasteiger partial charge is 0.275 e. The number of hydrogen-bond acceptors (Lipinski definition) is 8. The third kappa shape index (κ3) is 6.88. The molecule has 2 aromatic carbocycles. The number of nitrogens with zero attached hydrogens (tertiary/aromatic N) is 8. The molecule has 0 amide bonds. The minimum atomic E-state index is -0.105. The van der Waals surface area contributed by atoms with Crippen molar-refractivity contribution in [2.24, 2.45) is 0 Å². The van der Waals surface area contributed by atoms with Gasteiger partial charge in [-0.3, -0.25) is 19.6 Å². The number of anilines is 8. The summed E-state index contributed by atoms with van der Waals surface area (Å²) in [5.41, 5.74) is 14.6. The van der Waals surface area contributed by atoms with Gasteiger partial charge in [-0.1, -0.05) is 53.7 Å². The van der Waals surface area contributed by atoms with Crippen LogP contribution in [0.3, 0.4) is 0 Å². The van der Waals surface area contributed by atoms with Crippen molar-refractivity contribution in [3.8, 4) is 0 Å². The standard InChI is InChI=1S/C50H56N8/c1-29-19-33(5)51-43(23-29)55-39-17-15-37(49(9,10)11)27-41(39)57(45-25-31(3)21-35(7)53-45)47(55)48-56(44-24-30(2)20-34(6)52-44)40-18-16-38(50(12,13)14)28-42(40)58(48)46-26-32(4)22-36(8)54-46/h15-28H,1-14H3/b48-47+. The van der Waals surface area contributed by atoms with Crippen molar-refractivity contribution >= 4 is 46.0 Å². The van der Waals surface area contributed by atoms with Gasteiger partial charge in [-0.2, -0.15) is 0 Å². The molecule has 0 spiro atoms. The molecule has 0 aliphatic carbocycles. The lowest BCUT2D eigenvalue weighted by Crippen LogP contribution is -2.34. The van der Waals surface area contributed by atoms with Gasteiger partial charge in [0.05, 0.1) is 22.7 Å². The highest BCUT2D eigenvalue weighted by atomic mass is 15.5. The molecule has 2 aliphatic rings. The van der Waals surface area contributed by atoms with E-state index in [0.29, 0.717) is 0 Å². The van der Waals surface area contributed by atoms with E-state index in [1.807, 2.05) is 0 Å². The first-order valence-corrected chi connectivity index (χ1v) is 20.3. The molecule has 6 aromatic rings. The normalized spacial score (nSPS) is 15.4. The number of aromatic nitrogens is 4. The molecule has 0 atom stereocenters. The highest BCUT2D eigenvalue weighted by molar-refractivity contribution is 5.99. The van der Waals surface area contributed by atoms with Crippen molar-refractivity contribution in [2.75, 3.05) is 19.6 Å². The summed E-state index contributed by atoms with van der Waals surface area (Å²) >= 11 is 0. The predicted octanol–water partition coefficient (Wildman–Crippen LogP) is 12.7. The van der Waals surface area contributed by atoms with Crippen molar-refractivity contribution in [1.82, 2.24) is 19.9 Å². The van der Waals surface area contributed by atoms with Crippen LogP contribution in [0.5, 0.6) is 0 Å². The van der Waals surface area contributed by atoms with E-state index in [1.54, 1.807) is 0 Å². The molecule has 8 heteroatoms. The Morgan fingerprint density at radius 1 is 0.328 bits per heavy atom. The molecule has 0 N–H and O–H groups in total. The topological polar surface area (TPSA) is 64.5 Å². The second-order valence-corrected chi connectivity index (χ2v) is 18.5. The first-order valence-electron chi connectivity index (χ1n) is 20.3. The summed E-state index contributed by atoms with van der Waals surface area (Å²) in [5, 5.41) is 0. The smallest absolute Gasteiger partial charge is 0.168 e. The zero-order valence-corrected chi connectivity index (χ0v) is 36.7. The Kier molecular flexibility index (Phi) is 9.26. The van der Waals surface area contributed by atoms with Crippen molar-refractivity contribution in [1.29, 1.82) is 0 Å². The monoisotopic (exact) mass is 768 g/mol. The Morgan fingerprint density at radius 3 is 0.828 bits per heavy atom. The van der Waals surface area contributed by atoms with Gasteiger partial charge in [0.15, 0.2) is 11.6 Å². The van der Waals surface area contributed by atoms with E-state index < -0.39 is 0 Å². The van der Waals surface area contributed by atoms with Crippen LogP contribution in [0.4, 0.5) is 46.0 Å². The van der Waals surface area contributed by atoms with Crippen molar-refractivity contribution in [2.45, 2.75) is 108 Å². The molecule has 2 aliphatic heterocycles. The molecule has 4 aromatic heterocycles. The van der Waals surface area contributed by atoms with Crippen LogP contribution < -0.4 is 19.6 Å². The summed E-state index contributed by atoms with van der Waals surface area (Å²) in [6.07, 6.45) is 0. The summed E-state index contributed by atoms with van der Waals surface area (Å²) < 4.78 is 0. The second-order valence-electron chi connectivity index (χ2n) is 18.5. The van der Waals surface area contributed by atoms with Crippen LogP contribution in [-0.4, -0.2) is 19.9 Å². The van der Waals surface area contributed by atoms with E-state index in [-0.39, 0.29) is 10.8 Å². The maximum atomic E-state index is 5.32. The summed E-state index contributed by atoms with van der Waals surface area (Å²) in [7, 11) is 0. The average Bonchev–Trinajstić information content (AvgIpc) is 3.61. The van der Waals surface area contributed by atoms with Gasteiger partial charge in [-0.25, -0.2) is 19.9 Å². The summed E-state index contributed by atoms with van der Waals surface area (Å²) in [6, 6.07) is 31.0. The van der Waals surface area contributed by atoms with Crippen LogP contribution >= 0.6 is 0 Å². The molecule has 0 bridgehead atoms. The van der Waals surface area contributed by atoms with Crippen LogP contribution in [0.1, 0.15) is 97.7 Å². The minimum absolute atomic E-state index is 0.105. The lowest BCUT2D eigenvalue weighted by molar-refractivity contribution is 0.590. The van der Waals surface area contributed by atoms with Crippen LogP contribution in [0.15, 0.2) is 96.6 Å². The molecule has 6 heterocycles. The Hall–Kier alpha value is -6.02. The molecule has 0 unspecified atom stereocenters. The summed E-state index contributed by atoms with van der Waals surface area (Å²) in [4.78, 5) is 30.6. The van der Waals surface area contributed by atoms with E-state index >= 15 is 0 Å². The number of fused-ring (bicyclic) bond motifs is 2. The molecule has 0 radical (unpaired) electrons. The molecule has 296 valence electrons. The highest BCUT2D eigenvalue weighted by Crippen LogP contribution is 2.57. The summed E-state index contributed by atoms with van der Waals surface area (Å²) in [6.45, 7) is 30.5. The molecule has 0 saturated heterocycles. The van der Waals surface area contributed by atoms with E-state index in [1.165, 1.54) is 11.1 Å². The zero-order chi connectivity index (χ0) is 41.6. The van der Waals surface area contributed by atoms with Crippen LogP contribution in [0.2, 0.25) is 0 Å². The van der Waals surface area contributed by atoms with Gasteiger partial charge in [0.25, 0.3) is 0 Å². The molecule has 8 nitrogen and oxygen atoms in total. The highest BCUT2D eigenvalue weighted by Gasteiger charge is 2.46. The fraction of sp³-hybridized carbons (Fsp3) is 0.320. The number of rotatable bonds is 4. The fourth-order valence-electron chi connectivity index (χ4n) is 8.44. The first kappa shape index (κ1) is 38.8. The maximum absolute atomic E-state index is 5.32. The van der Waals surface area contributed by atoms with Crippen molar-refractivity contribution in [3.05, 3.63) is 153 Å². The van der Waals surface area contributed by atoms with E-state index in [2.05, 4.69) is 201 Å². The summed E-state index contributed by atoms with van der Waals surface area (Å²) in [5.74, 6) is 5.06. The number of aryl methyl sites for hydroxylation is 8. The SMILES string of the molecule is Cc1cc(C)nc(N2/C(=C3/N(c4cc(C)cc(C)n4)c4ccc(C(C)(C)C)cc4N3c3cc(C)cc(C)n3)N(c3cc(C)cc(C)n3)c3cc(C(C)(C)C)ccc32)c1. The average molecular weight is 769 g/mol. The molecule has 58 heavy (non-hydrogen) atoms. The van der Waals surface area contributed by atoms with Crippen LogP contribution in [-0.2, 0) is 10.8 Å². The Morgan fingerprint density at radius 2 is 0.586 bits per heavy atom. The van der Waals surface area contributed by atoms with Gasteiger partial charge in [-0.05, 0) is 172 Å². The molecule has 8 rings (SSSR count). The third-order valence-corrected chi connectivity index (χ3v) is 10.9. The van der Waals surface area contributed by atoms with Gasteiger partial charge in [0, 0.05) is 22.8 Å². The minimum Gasteiger partial charge on any atom is -0.275 e. The van der Waals surface area contributed by atoms with E-state index in [4.69, 9.17) is 19.9 Å². The van der Waals surface area contributed by atoms with Crippen LogP contribution in [0, 0.1) is 55.4 Å². The number of benzene rings is 2. The Bertz CT molecular complexity index is 2400. The van der Waals surface area contributed by atoms with Gasteiger partial charge in [0.2, 0.25) is 0 Å². The van der Waals surface area contributed by atoms with Crippen molar-refractivity contribution < 1.29 is 0 Å². The second kappa shape index (κ2) is 13.8. The molecule has 0 saturated carbocycles. The fourth-order valence-corrected chi connectivity index (χ4v) is 8.44. The van der Waals surface area contributed by atoms with Gasteiger partial charge < -0.3 is 0 Å². The van der Waals surface area contributed by atoms with Crippen molar-refractivity contribution in [3.63, 3.8) is 0 Å². The third-order valence-electron chi connectivity index (χ3n) is 10.9.